The molecule has 4 atom stereocenters. The van der Waals surface area contributed by atoms with E-state index in [1.807, 2.05) is 33.8 Å². The summed E-state index contributed by atoms with van der Waals surface area (Å²) >= 11 is 0. The standard InChI is InChI=1S/C27H44FN7O5S/c1-18(2)14-22(25(36)31-21(12-8-9-13-29)17-41(28,39)40)32-26(37)23(15-19(3)4)33-27(38)24(34-35-30)16-20-10-6-5-7-11-20/h5-7,10-11,18-19,21-24H,8-9,12-17,29H2,1-4H3,(H,31,36)(H,32,37)(H,33,38)/t21-,22-,23-,24?/m0/s1. The topological polar surface area (TPSA) is 196 Å². The largest absolute Gasteiger partial charge is 0.350 e. The van der Waals surface area contributed by atoms with Gasteiger partial charge in [-0.3, -0.25) is 14.4 Å². The van der Waals surface area contributed by atoms with Gasteiger partial charge in [0.1, 0.15) is 23.9 Å². The van der Waals surface area contributed by atoms with E-state index < -0.39 is 57.9 Å². The van der Waals surface area contributed by atoms with Crippen LogP contribution in [0.4, 0.5) is 3.89 Å². The summed E-state index contributed by atoms with van der Waals surface area (Å²) in [7, 11) is -4.87. The van der Waals surface area contributed by atoms with Crippen LogP contribution in [-0.4, -0.2) is 62.6 Å². The van der Waals surface area contributed by atoms with Crippen molar-refractivity contribution in [2.75, 3.05) is 12.3 Å². The molecule has 0 aliphatic carbocycles. The second-order valence-electron chi connectivity index (χ2n) is 11.0. The minimum absolute atomic E-state index is 0.0165. The number of carbonyl (C=O) groups is 3. The van der Waals surface area contributed by atoms with Crippen molar-refractivity contribution in [1.29, 1.82) is 0 Å². The van der Waals surface area contributed by atoms with Crippen molar-refractivity contribution >= 4 is 27.9 Å². The molecule has 1 rings (SSSR count). The first-order valence-electron chi connectivity index (χ1n) is 13.9. The Labute approximate surface area is 242 Å². The first kappa shape index (κ1) is 35.8. The van der Waals surface area contributed by atoms with Crippen LogP contribution in [0.15, 0.2) is 35.4 Å². The van der Waals surface area contributed by atoms with Crippen molar-refractivity contribution in [2.24, 2.45) is 22.7 Å². The summed E-state index contributed by atoms with van der Waals surface area (Å²) in [5.41, 5.74) is 15.3. The number of unbranched alkanes of at least 4 members (excludes halogenated alkanes) is 1. The number of hydrogen-bond acceptors (Lipinski definition) is 7. The first-order chi connectivity index (χ1) is 19.2. The fraction of sp³-hybridized carbons (Fsp3) is 0.667. The van der Waals surface area contributed by atoms with Crippen molar-refractivity contribution in [3.8, 4) is 0 Å². The third-order valence-electron chi connectivity index (χ3n) is 6.20. The lowest BCUT2D eigenvalue weighted by Crippen LogP contribution is -2.56. The highest BCUT2D eigenvalue weighted by Gasteiger charge is 2.31. The molecule has 1 aromatic rings. The zero-order valence-electron chi connectivity index (χ0n) is 24.3. The van der Waals surface area contributed by atoms with Crippen LogP contribution in [0.3, 0.4) is 0 Å². The molecule has 5 N–H and O–H groups in total. The number of azide groups is 1. The number of benzene rings is 1. The molecule has 0 heterocycles. The second kappa shape index (κ2) is 18.3. The van der Waals surface area contributed by atoms with Gasteiger partial charge in [-0.25, -0.2) is 0 Å². The third kappa shape index (κ3) is 15.4. The van der Waals surface area contributed by atoms with Crippen LogP contribution in [0, 0.1) is 11.8 Å². The normalized spacial score (nSPS) is 14.4. The number of nitrogens with one attached hydrogen (secondary N) is 3. The van der Waals surface area contributed by atoms with Crippen molar-refractivity contribution in [3.05, 3.63) is 46.3 Å². The second-order valence-corrected chi connectivity index (χ2v) is 12.4. The van der Waals surface area contributed by atoms with E-state index in [9.17, 15) is 26.7 Å². The summed E-state index contributed by atoms with van der Waals surface area (Å²) in [6.45, 7) is 7.78. The maximum Gasteiger partial charge on any atom is 0.304 e. The molecule has 230 valence electrons. The van der Waals surface area contributed by atoms with E-state index in [4.69, 9.17) is 11.3 Å². The van der Waals surface area contributed by atoms with Gasteiger partial charge >= 0.3 is 10.2 Å². The van der Waals surface area contributed by atoms with Crippen LogP contribution in [0.25, 0.3) is 10.4 Å². The maximum atomic E-state index is 13.5. The molecule has 1 unspecified atom stereocenters. The van der Waals surface area contributed by atoms with Crippen LogP contribution >= 0.6 is 0 Å². The Morgan fingerprint density at radius 2 is 1.46 bits per heavy atom. The van der Waals surface area contributed by atoms with Gasteiger partial charge in [-0.05, 0) is 61.6 Å². The van der Waals surface area contributed by atoms with E-state index >= 15 is 0 Å². The van der Waals surface area contributed by atoms with Crippen LogP contribution in [0.1, 0.15) is 65.4 Å². The van der Waals surface area contributed by atoms with Gasteiger partial charge in [-0.15, -0.1) is 3.89 Å². The molecule has 0 aromatic heterocycles. The quantitative estimate of drug-likeness (QED) is 0.0622. The molecule has 12 nitrogen and oxygen atoms in total. The van der Waals surface area contributed by atoms with Crippen LogP contribution in [0.5, 0.6) is 0 Å². The molecule has 0 bridgehead atoms. The van der Waals surface area contributed by atoms with E-state index in [-0.39, 0.29) is 37.5 Å². The number of nitrogens with two attached hydrogens (primary N) is 1. The predicted octanol–water partition coefficient (Wildman–Crippen LogP) is 2.88. The number of rotatable bonds is 19. The highest BCUT2D eigenvalue weighted by Crippen LogP contribution is 2.13. The van der Waals surface area contributed by atoms with Crippen molar-refractivity contribution in [2.45, 2.75) is 90.4 Å². The Hall–Kier alpha value is -3.22. The molecule has 1 aromatic carbocycles. The summed E-state index contributed by atoms with van der Waals surface area (Å²) in [6.07, 6.45) is 1.84. The molecular formula is C27H44FN7O5S. The fourth-order valence-corrected chi connectivity index (χ4v) is 5.04. The van der Waals surface area contributed by atoms with Crippen molar-refractivity contribution < 1.29 is 26.7 Å². The Morgan fingerprint density at radius 3 is 1.95 bits per heavy atom. The van der Waals surface area contributed by atoms with E-state index in [0.29, 0.717) is 19.4 Å². The average Bonchev–Trinajstić information content (AvgIpc) is 2.86. The zero-order chi connectivity index (χ0) is 31.0. The molecule has 0 aliphatic heterocycles. The number of carbonyl (C=O) groups excluding carboxylic acids is 3. The zero-order valence-corrected chi connectivity index (χ0v) is 25.1. The van der Waals surface area contributed by atoms with Crippen molar-refractivity contribution in [1.82, 2.24) is 16.0 Å². The molecule has 0 radical (unpaired) electrons. The van der Waals surface area contributed by atoms with Gasteiger partial charge in [-0.2, -0.15) is 8.42 Å². The predicted molar refractivity (Wildman–Crippen MR) is 156 cm³/mol. The van der Waals surface area contributed by atoms with E-state index in [1.54, 1.807) is 24.3 Å². The lowest BCUT2D eigenvalue weighted by molar-refractivity contribution is -0.133. The monoisotopic (exact) mass is 597 g/mol. The number of hydrogen-bond donors (Lipinski definition) is 4. The molecule has 0 fully saturated rings. The summed E-state index contributed by atoms with van der Waals surface area (Å²) in [5.74, 6) is -2.85. The Balaban J connectivity index is 3.10. The molecule has 3 amide bonds. The lowest BCUT2D eigenvalue weighted by Gasteiger charge is -2.27. The van der Waals surface area contributed by atoms with Gasteiger partial charge in [-0.1, -0.05) is 69.6 Å². The highest BCUT2D eigenvalue weighted by atomic mass is 32.3. The van der Waals surface area contributed by atoms with E-state index in [2.05, 4.69) is 26.0 Å². The third-order valence-corrected chi connectivity index (χ3v) is 7.00. The van der Waals surface area contributed by atoms with E-state index in [1.165, 1.54) is 0 Å². The smallest absolute Gasteiger partial charge is 0.304 e. The van der Waals surface area contributed by atoms with E-state index in [0.717, 1.165) is 5.56 Å². The molecule has 41 heavy (non-hydrogen) atoms. The summed E-state index contributed by atoms with van der Waals surface area (Å²) < 4.78 is 36.1. The minimum atomic E-state index is -4.87. The molecule has 0 spiro atoms. The minimum Gasteiger partial charge on any atom is -0.350 e. The number of amides is 3. The van der Waals surface area contributed by atoms with Crippen molar-refractivity contribution in [3.63, 3.8) is 0 Å². The van der Waals surface area contributed by atoms with Crippen LogP contribution < -0.4 is 21.7 Å². The van der Waals surface area contributed by atoms with Gasteiger partial charge in [0.05, 0.1) is 0 Å². The summed E-state index contributed by atoms with van der Waals surface area (Å²) in [4.78, 5) is 42.5. The first-order valence-corrected chi connectivity index (χ1v) is 15.4. The Kier molecular flexibility index (Phi) is 15.9. The van der Waals surface area contributed by atoms with Gasteiger partial charge in [0.25, 0.3) is 0 Å². The maximum absolute atomic E-state index is 13.5. The lowest BCUT2D eigenvalue weighted by atomic mass is 9.99. The SMILES string of the molecule is CC(C)C[C@H](NC(=O)C(Cc1ccccc1)N=[N+]=[N-])C(=O)N[C@@H](CC(C)C)C(=O)N[C@@H](CCCCN)CS(=O)(=O)F. The van der Waals surface area contributed by atoms with Gasteiger partial charge < -0.3 is 21.7 Å². The van der Waals surface area contributed by atoms with Crippen LogP contribution in [-0.2, 0) is 31.0 Å². The van der Waals surface area contributed by atoms with Gasteiger partial charge in [0, 0.05) is 11.0 Å². The summed E-state index contributed by atoms with van der Waals surface area (Å²) in [5, 5.41) is 11.5. The van der Waals surface area contributed by atoms with Gasteiger partial charge in [0.2, 0.25) is 17.7 Å². The molecule has 0 saturated heterocycles. The Morgan fingerprint density at radius 1 is 0.927 bits per heavy atom. The number of halogens is 1. The molecule has 0 saturated carbocycles. The molecular weight excluding hydrogens is 553 g/mol. The Bertz CT molecular complexity index is 1130. The summed E-state index contributed by atoms with van der Waals surface area (Å²) in [6, 6.07) is 4.78. The fourth-order valence-electron chi connectivity index (χ4n) is 4.31. The highest BCUT2D eigenvalue weighted by molar-refractivity contribution is 7.86. The molecule has 14 heteroatoms. The number of nitrogens with zero attached hydrogens (tertiary/aromatic N) is 3. The average molecular weight is 598 g/mol. The van der Waals surface area contributed by atoms with Gasteiger partial charge in [0.15, 0.2) is 0 Å². The van der Waals surface area contributed by atoms with Crippen LogP contribution in [0.2, 0.25) is 0 Å². The molecule has 0 aliphatic rings.